The van der Waals surface area contributed by atoms with E-state index < -0.39 is 6.04 Å². The molecule has 4 nitrogen and oxygen atoms in total. The number of aryl methyl sites for hydroxylation is 3. The van der Waals surface area contributed by atoms with E-state index >= 15 is 0 Å². The highest BCUT2D eigenvalue weighted by Crippen LogP contribution is 2.15. The Labute approximate surface area is 175 Å². The Balaban J connectivity index is 2.23. The summed E-state index contributed by atoms with van der Waals surface area (Å²) in [7, 11) is 0. The van der Waals surface area contributed by atoms with Crippen molar-refractivity contribution in [1.29, 1.82) is 0 Å². The van der Waals surface area contributed by atoms with Gasteiger partial charge in [-0.1, -0.05) is 55.0 Å². The summed E-state index contributed by atoms with van der Waals surface area (Å²) in [6, 6.07) is 13.7. The second-order valence-electron chi connectivity index (χ2n) is 8.10. The van der Waals surface area contributed by atoms with Crippen LogP contribution in [-0.4, -0.2) is 28.8 Å². The standard InChI is InChI=1S/C25H34N2O2/c1-7-20(5)26-25(29)21(6)27(16-22-11-8-17(2)9-12-22)24(28)15-23-13-10-18(3)19(4)14-23/h8-14,20-21H,7,15-16H2,1-6H3,(H,26,29). The van der Waals surface area contributed by atoms with E-state index in [-0.39, 0.29) is 24.3 Å². The Kier molecular flexibility index (Phi) is 8.00. The van der Waals surface area contributed by atoms with Crippen LogP contribution in [0.25, 0.3) is 0 Å². The molecule has 0 spiro atoms. The average Bonchev–Trinajstić information content (AvgIpc) is 2.69. The van der Waals surface area contributed by atoms with E-state index in [1.54, 1.807) is 4.90 Å². The molecule has 2 aromatic rings. The number of carbonyl (C=O) groups is 2. The monoisotopic (exact) mass is 394 g/mol. The molecule has 0 radical (unpaired) electrons. The molecule has 1 N–H and O–H groups in total. The second kappa shape index (κ2) is 10.2. The molecule has 0 aliphatic rings. The first-order valence-corrected chi connectivity index (χ1v) is 10.4. The van der Waals surface area contributed by atoms with Crippen LogP contribution >= 0.6 is 0 Å². The molecule has 4 heteroatoms. The molecule has 2 atom stereocenters. The SMILES string of the molecule is CCC(C)NC(=O)C(C)N(Cc1ccc(C)cc1)C(=O)Cc1ccc(C)c(C)c1. The Morgan fingerprint density at radius 3 is 2.14 bits per heavy atom. The summed E-state index contributed by atoms with van der Waals surface area (Å²) in [6.07, 6.45) is 1.14. The molecule has 156 valence electrons. The van der Waals surface area contributed by atoms with Gasteiger partial charge in [0.05, 0.1) is 6.42 Å². The van der Waals surface area contributed by atoms with Crippen LogP contribution in [0.3, 0.4) is 0 Å². The van der Waals surface area contributed by atoms with Crippen LogP contribution in [0.4, 0.5) is 0 Å². The Bertz CT molecular complexity index is 842. The fraction of sp³-hybridized carbons (Fsp3) is 0.440. The molecule has 0 bridgehead atoms. The number of hydrogen-bond donors (Lipinski definition) is 1. The van der Waals surface area contributed by atoms with Gasteiger partial charge >= 0.3 is 0 Å². The minimum absolute atomic E-state index is 0.0411. The zero-order valence-electron chi connectivity index (χ0n) is 18.6. The summed E-state index contributed by atoms with van der Waals surface area (Å²) in [5.74, 6) is -0.152. The third-order valence-corrected chi connectivity index (χ3v) is 5.57. The normalized spacial score (nSPS) is 12.9. The largest absolute Gasteiger partial charge is 0.352 e. The van der Waals surface area contributed by atoms with Gasteiger partial charge in [-0.05, 0) is 63.3 Å². The molecule has 0 aliphatic carbocycles. The Hall–Kier alpha value is -2.62. The molecule has 0 aliphatic heterocycles. The van der Waals surface area contributed by atoms with E-state index in [9.17, 15) is 9.59 Å². The van der Waals surface area contributed by atoms with Gasteiger partial charge in [0.1, 0.15) is 6.04 Å². The van der Waals surface area contributed by atoms with Gasteiger partial charge < -0.3 is 10.2 Å². The first kappa shape index (κ1) is 22.7. The maximum absolute atomic E-state index is 13.2. The third kappa shape index (κ3) is 6.45. The van der Waals surface area contributed by atoms with Gasteiger partial charge in [0, 0.05) is 12.6 Å². The van der Waals surface area contributed by atoms with Gasteiger partial charge in [-0.15, -0.1) is 0 Å². The number of benzene rings is 2. The van der Waals surface area contributed by atoms with E-state index in [1.165, 1.54) is 16.7 Å². The van der Waals surface area contributed by atoms with Crippen molar-refractivity contribution in [3.63, 3.8) is 0 Å². The molecule has 0 saturated heterocycles. The van der Waals surface area contributed by atoms with Crippen molar-refractivity contribution < 1.29 is 9.59 Å². The number of carbonyl (C=O) groups excluding carboxylic acids is 2. The third-order valence-electron chi connectivity index (χ3n) is 5.57. The van der Waals surface area contributed by atoms with Gasteiger partial charge in [-0.2, -0.15) is 0 Å². The molecule has 2 rings (SSSR count). The lowest BCUT2D eigenvalue weighted by molar-refractivity contribution is -0.140. The summed E-state index contributed by atoms with van der Waals surface area (Å²) < 4.78 is 0. The van der Waals surface area contributed by atoms with Crippen LogP contribution in [0, 0.1) is 20.8 Å². The summed E-state index contributed by atoms with van der Waals surface area (Å²) >= 11 is 0. The Morgan fingerprint density at radius 2 is 1.55 bits per heavy atom. The molecular formula is C25H34N2O2. The summed E-state index contributed by atoms with van der Waals surface area (Å²) in [4.78, 5) is 27.7. The predicted molar refractivity (Wildman–Crippen MR) is 119 cm³/mol. The lowest BCUT2D eigenvalue weighted by atomic mass is 10.0. The molecule has 2 aromatic carbocycles. The molecule has 0 heterocycles. The fourth-order valence-corrected chi connectivity index (χ4v) is 3.13. The topological polar surface area (TPSA) is 49.4 Å². The van der Waals surface area contributed by atoms with Crippen molar-refractivity contribution in [2.45, 2.75) is 73.0 Å². The van der Waals surface area contributed by atoms with E-state index in [2.05, 4.69) is 25.2 Å². The van der Waals surface area contributed by atoms with Crippen LogP contribution in [0.1, 0.15) is 55.0 Å². The van der Waals surface area contributed by atoms with E-state index in [4.69, 9.17) is 0 Å². The lowest BCUT2D eigenvalue weighted by Crippen LogP contribution is -2.49. The van der Waals surface area contributed by atoms with Gasteiger partial charge in [-0.25, -0.2) is 0 Å². The number of nitrogens with one attached hydrogen (secondary N) is 1. The van der Waals surface area contributed by atoms with E-state index in [0.29, 0.717) is 6.54 Å². The van der Waals surface area contributed by atoms with Gasteiger partial charge in [-0.3, -0.25) is 9.59 Å². The second-order valence-corrected chi connectivity index (χ2v) is 8.10. The van der Waals surface area contributed by atoms with Crippen LogP contribution in [0.15, 0.2) is 42.5 Å². The maximum Gasteiger partial charge on any atom is 0.242 e. The predicted octanol–water partition coefficient (Wildman–Crippen LogP) is 4.49. The number of rotatable bonds is 8. The molecule has 2 unspecified atom stereocenters. The van der Waals surface area contributed by atoms with E-state index in [0.717, 1.165) is 17.5 Å². The minimum Gasteiger partial charge on any atom is -0.352 e. The number of amides is 2. The molecular weight excluding hydrogens is 360 g/mol. The minimum atomic E-state index is -0.538. The maximum atomic E-state index is 13.2. The zero-order chi connectivity index (χ0) is 21.6. The van der Waals surface area contributed by atoms with Crippen LogP contribution in [0.2, 0.25) is 0 Å². The summed E-state index contributed by atoms with van der Waals surface area (Å²) in [5.41, 5.74) is 5.54. The van der Waals surface area contributed by atoms with Crippen molar-refractivity contribution in [1.82, 2.24) is 10.2 Å². The average molecular weight is 395 g/mol. The van der Waals surface area contributed by atoms with Crippen LogP contribution in [0.5, 0.6) is 0 Å². The van der Waals surface area contributed by atoms with Crippen molar-refractivity contribution in [2.24, 2.45) is 0 Å². The molecule has 2 amide bonds. The quantitative estimate of drug-likeness (QED) is 0.717. The molecule has 0 saturated carbocycles. The van der Waals surface area contributed by atoms with Crippen molar-refractivity contribution in [3.8, 4) is 0 Å². The van der Waals surface area contributed by atoms with Gasteiger partial charge in [0.25, 0.3) is 0 Å². The summed E-state index contributed by atoms with van der Waals surface area (Å²) in [6.45, 7) is 12.4. The first-order valence-electron chi connectivity index (χ1n) is 10.4. The lowest BCUT2D eigenvalue weighted by Gasteiger charge is -2.30. The number of hydrogen-bond acceptors (Lipinski definition) is 2. The van der Waals surface area contributed by atoms with E-state index in [1.807, 2.05) is 64.1 Å². The summed E-state index contributed by atoms with van der Waals surface area (Å²) in [5, 5.41) is 3.01. The molecule has 29 heavy (non-hydrogen) atoms. The van der Waals surface area contributed by atoms with Gasteiger partial charge in [0.15, 0.2) is 0 Å². The first-order chi connectivity index (χ1) is 13.7. The molecule has 0 aromatic heterocycles. The highest BCUT2D eigenvalue weighted by molar-refractivity contribution is 5.88. The number of nitrogens with zero attached hydrogens (tertiary/aromatic N) is 1. The smallest absolute Gasteiger partial charge is 0.242 e. The van der Waals surface area contributed by atoms with Crippen LogP contribution < -0.4 is 5.32 Å². The molecule has 0 fully saturated rings. The van der Waals surface area contributed by atoms with Crippen molar-refractivity contribution >= 4 is 11.8 Å². The van der Waals surface area contributed by atoms with Crippen molar-refractivity contribution in [2.75, 3.05) is 0 Å². The zero-order valence-corrected chi connectivity index (χ0v) is 18.6. The highest BCUT2D eigenvalue weighted by Gasteiger charge is 2.26. The van der Waals surface area contributed by atoms with Gasteiger partial charge in [0.2, 0.25) is 11.8 Å². The highest BCUT2D eigenvalue weighted by atomic mass is 16.2. The van der Waals surface area contributed by atoms with Crippen molar-refractivity contribution in [3.05, 3.63) is 70.3 Å². The Morgan fingerprint density at radius 1 is 0.931 bits per heavy atom. The fourth-order valence-electron chi connectivity index (χ4n) is 3.13. The van der Waals surface area contributed by atoms with Crippen LogP contribution in [-0.2, 0) is 22.6 Å².